The number of pyridine rings is 1. The van der Waals surface area contributed by atoms with Gasteiger partial charge in [0.15, 0.2) is 5.78 Å². The molecule has 0 unspecified atom stereocenters. The van der Waals surface area contributed by atoms with Gasteiger partial charge in [0.05, 0.1) is 18.2 Å². The Balaban J connectivity index is 2.17. The van der Waals surface area contributed by atoms with Crippen molar-refractivity contribution in [1.29, 1.82) is 0 Å². The predicted molar refractivity (Wildman–Crippen MR) is 67.6 cm³/mol. The van der Waals surface area contributed by atoms with Gasteiger partial charge in [-0.2, -0.15) is 5.10 Å². The van der Waals surface area contributed by atoms with Crippen LogP contribution in [0.1, 0.15) is 16.1 Å². The van der Waals surface area contributed by atoms with Crippen LogP contribution in [0.2, 0.25) is 0 Å². The number of hydrogen-bond acceptors (Lipinski definition) is 4. The number of carbonyl (C=O) groups is 1. The molecule has 0 aliphatic carbocycles. The molecule has 0 fully saturated rings. The van der Waals surface area contributed by atoms with Gasteiger partial charge in [0.25, 0.3) is 0 Å². The number of aromatic nitrogens is 3. The minimum Gasteiger partial charge on any atom is -0.383 e. The molecule has 0 saturated carbocycles. The van der Waals surface area contributed by atoms with Gasteiger partial charge in [0.2, 0.25) is 0 Å². The number of nitrogens with zero attached hydrogens (tertiary/aromatic N) is 3. The van der Waals surface area contributed by atoms with E-state index in [0.29, 0.717) is 17.1 Å². The molecule has 2 N–H and O–H groups in total. The van der Waals surface area contributed by atoms with Crippen molar-refractivity contribution in [2.24, 2.45) is 7.05 Å². The van der Waals surface area contributed by atoms with E-state index in [1.807, 2.05) is 6.07 Å². The minimum atomic E-state index is -0.0783. The minimum absolute atomic E-state index is 0.0783. The zero-order valence-electron chi connectivity index (χ0n) is 9.22. The first kappa shape index (κ1) is 11.8. The van der Waals surface area contributed by atoms with Crippen molar-refractivity contribution in [3.8, 4) is 0 Å². The van der Waals surface area contributed by atoms with Crippen LogP contribution in [-0.2, 0) is 13.5 Å². The van der Waals surface area contributed by atoms with Crippen LogP contribution in [0, 0.1) is 0 Å². The predicted octanol–water partition coefficient (Wildman–Crippen LogP) is 1.59. The quantitative estimate of drug-likeness (QED) is 0.873. The molecule has 2 aromatic heterocycles. The van der Waals surface area contributed by atoms with Crippen molar-refractivity contribution in [2.75, 3.05) is 5.73 Å². The number of carbonyl (C=O) groups excluding carboxylic acids is 1. The molecule has 2 aromatic rings. The number of ketones is 1. The molecule has 88 valence electrons. The Hall–Kier alpha value is -1.69. The van der Waals surface area contributed by atoms with E-state index in [0.717, 1.165) is 4.47 Å². The van der Waals surface area contributed by atoms with Gasteiger partial charge >= 0.3 is 0 Å². The summed E-state index contributed by atoms with van der Waals surface area (Å²) < 4.78 is 2.36. The van der Waals surface area contributed by atoms with E-state index < -0.39 is 0 Å². The Morgan fingerprint density at radius 2 is 2.24 bits per heavy atom. The Morgan fingerprint density at radius 3 is 2.76 bits per heavy atom. The lowest BCUT2D eigenvalue weighted by Gasteiger charge is -2.00. The highest BCUT2D eigenvalue weighted by molar-refractivity contribution is 9.10. The average molecular weight is 295 g/mol. The Bertz CT molecular complexity index is 547. The van der Waals surface area contributed by atoms with E-state index in [1.165, 1.54) is 10.9 Å². The van der Waals surface area contributed by atoms with Crippen LogP contribution < -0.4 is 5.73 Å². The number of hydrogen-bond donors (Lipinski definition) is 1. The number of Topliss-reactive ketones (excluding diaryl/α,β-unsaturated/α-hetero) is 1. The molecule has 0 saturated heterocycles. The highest BCUT2D eigenvalue weighted by Crippen LogP contribution is 2.14. The molecule has 2 rings (SSSR count). The smallest absolute Gasteiger partial charge is 0.174 e. The maximum absolute atomic E-state index is 11.9. The average Bonchev–Trinajstić information content (AvgIpc) is 2.63. The molecule has 0 amide bonds. The van der Waals surface area contributed by atoms with Crippen molar-refractivity contribution in [3.05, 3.63) is 40.3 Å². The zero-order valence-corrected chi connectivity index (χ0v) is 10.8. The van der Waals surface area contributed by atoms with Gasteiger partial charge in [-0.3, -0.25) is 14.5 Å². The Morgan fingerprint density at radius 1 is 1.47 bits per heavy atom. The largest absolute Gasteiger partial charge is 0.383 e. The highest BCUT2D eigenvalue weighted by atomic mass is 79.9. The summed E-state index contributed by atoms with van der Waals surface area (Å²) in [5, 5.41) is 3.94. The van der Waals surface area contributed by atoms with Crippen LogP contribution in [0.25, 0.3) is 0 Å². The van der Waals surface area contributed by atoms with Gasteiger partial charge in [-0.15, -0.1) is 0 Å². The van der Waals surface area contributed by atoms with Crippen LogP contribution in [-0.4, -0.2) is 20.5 Å². The van der Waals surface area contributed by atoms with Crippen molar-refractivity contribution >= 4 is 27.5 Å². The number of rotatable bonds is 3. The van der Waals surface area contributed by atoms with Crippen LogP contribution in [0.15, 0.2) is 29.0 Å². The highest BCUT2D eigenvalue weighted by Gasteiger charge is 2.14. The first-order chi connectivity index (χ1) is 8.08. The van der Waals surface area contributed by atoms with Crippen LogP contribution in [0.3, 0.4) is 0 Å². The lowest BCUT2D eigenvalue weighted by molar-refractivity contribution is 0.0993. The van der Waals surface area contributed by atoms with Gasteiger partial charge < -0.3 is 5.73 Å². The number of aryl methyl sites for hydroxylation is 1. The monoisotopic (exact) mass is 294 g/mol. The molecule has 6 heteroatoms. The Labute approximate surface area is 107 Å². The van der Waals surface area contributed by atoms with Crippen molar-refractivity contribution in [1.82, 2.24) is 14.8 Å². The fraction of sp³-hybridized carbons (Fsp3) is 0.182. The first-order valence-electron chi connectivity index (χ1n) is 4.99. The molecule has 17 heavy (non-hydrogen) atoms. The molecule has 0 aromatic carbocycles. The molecule has 0 spiro atoms. The van der Waals surface area contributed by atoms with Crippen LogP contribution in [0.4, 0.5) is 5.82 Å². The van der Waals surface area contributed by atoms with Crippen LogP contribution >= 0.6 is 15.9 Å². The Kier molecular flexibility index (Phi) is 3.23. The summed E-state index contributed by atoms with van der Waals surface area (Å²) in [6, 6.07) is 3.65. The molecule has 0 radical (unpaired) electrons. The lowest BCUT2D eigenvalue weighted by atomic mass is 10.1. The molecule has 0 bridgehead atoms. The summed E-state index contributed by atoms with van der Waals surface area (Å²) in [7, 11) is 1.70. The number of nitrogen functional groups attached to an aromatic ring is 1. The fourth-order valence-corrected chi connectivity index (χ4v) is 1.67. The number of halogens is 1. The van der Waals surface area contributed by atoms with Crippen molar-refractivity contribution in [3.63, 3.8) is 0 Å². The molecule has 0 aliphatic rings. The van der Waals surface area contributed by atoms with Crippen LogP contribution in [0.5, 0.6) is 0 Å². The van der Waals surface area contributed by atoms with Crippen molar-refractivity contribution < 1.29 is 4.79 Å². The summed E-state index contributed by atoms with van der Waals surface area (Å²) in [6.45, 7) is 0. The SMILES string of the molecule is Cn1ncc(C(=O)Cc2ccc(Br)cn2)c1N. The zero-order chi connectivity index (χ0) is 12.4. The van der Waals surface area contributed by atoms with Gasteiger partial charge in [-0.1, -0.05) is 0 Å². The van der Waals surface area contributed by atoms with E-state index in [9.17, 15) is 4.79 Å². The third-order valence-corrected chi connectivity index (χ3v) is 2.88. The molecule has 0 atom stereocenters. The molecule has 2 heterocycles. The number of nitrogens with two attached hydrogens (primary N) is 1. The van der Waals surface area contributed by atoms with Gasteiger partial charge in [0, 0.05) is 23.4 Å². The van der Waals surface area contributed by atoms with Gasteiger partial charge in [-0.05, 0) is 28.1 Å². The summed E-state index contributed by atoms with van der Waals surface area (Å²) in [4.78, 5) is 16.1. The second-order valence-corrected chi connectivity index (χ2v) is 4.55. The molecule has 0 aliphatic heterocycles. The first-order valence-corrected chi connectivity index (χ1v) is 5.78. The van der Waals surface area contributed by atoms with E-state index in [-0.39, 0.29) is 12.2 Å². The second kappa shape index (κ2) is 4.67. The summed E-state index contributed by atoms with van der Waals surface area (Å²) in [5.41, 5.74) is 6.88. The maximum atomic E-state index is 11.9. The standard InChI is InChI=1S/C11H11BrN4O/c1-16-11(13)9(6-15-16)10(17)4-8-3-2-7(12)5-14-8/h2-3,5-6H,4,13H2,1H3. The van der Waals surface area contributed by atoms with E-state index in [1.54, 1.807) is 19.3 Å². The third kappa shape index (κ3) is 2.52. The van der Waals surface area contributed by atoms with E-state index >= 15 is 0 Å². The topological polar surface area (TPSA) is 73.8 Å². The summed E-state index contributed by atoms with van der Waals surface area (Å²) in [6.07, 6.45) is 3.37. The fourth-order valence-electron chi connectivity index (χ4n) is 1.43. The summed E-state index contributed by atoms with van der Waals surface area (Å²) >= 11 is 3.29. The molecule has 5 nitrogen and oxygen atoms in total. The maximum Gasteiger partial charge on any atom is 0.174 e. The van der Waals surface area contributed by atoms with E-state index in [4.69, 9.17) is 5.73 Å². The van der Waals surface area contributed by atoms with Crippen molar-refractivity contribution in [2.45, 2.75) is 6.42 Å². The molecular formula is C11H11BrN4O. The third-order valence-electron chi connectivity index (χ3n) is 2.42. The van der Waals surface area contributed by atoms with Gasteiger partial charge in [0.1, 0.15) is 5.82 Å². The lowest BCUT2D eigenvalue weighted by Crippen LogP contribution is -2.08. The normalized spacial score (nSPS) is 10.5. The second-order valence-electron chi connectivity index (χ2n) is 3.63. The number of anilines is 1. The van der Waals surface area contributed by atoms with E-state index in [2.05, 4.69) is 26.0 Å². The summed E-state index contributed by atoms with van der Waals surface area (Å²) in [5.74, 6) is 0.303. The van der Waals surface area contributed by atoms with Gasteiger partial charge in [-0.25, -0.2) is 0 Å². The molecular weight excluding hydrogens is 284 g/mol.